The lowest BCUT2D eigenvalue weighted by Gasteiger charge is -2.25. The molecule has 150 valence electrons. The lowest BCUT2D eigenvalue weighted by Crippen LogP contribution is -2.33. The van der Waals surface area contributed by atoms with E-state index in [1.807, 2.05) is 20.8 Å². The van der Waals surface area contributed by atoms with Crippen molar-refractivity contribution in [2.24, 2.45) is 11.8 Å². The molecule has 0 radical (unpaired) electrons. The molecule has 0 bridgehead atoms. The number of hydrogen-bond donors (Lipinski definition) is 1. The Hall–Kier alpha value is -2.67. The van der Waals surface area contributed by atoms with Gasteiger partial charge in [-0.15, -0.1) is 0 Å². The average Bonchev–Trinajstić information content (AvgIpc) is 3.03. The Morgan fingerprint density at radius 1 is 1.36 bits per heavy atom. The molecule has 7 heteroatoms. The van der Waals surface area contributed by atoms with Gasteiger partial charge in [0.15, 0.2) is 6.10 Å². The molecule has 2 unspecified atom stereocenters. The van der Waals surface area contributed by atoms with Crippen LogP contribution in [-0.2, 0) is 14.3 Å². The van der Waals surface area contributed by atoms with Gasteiger partial charge in [-0.05, 0) is 31.9 Å². The molecule has 1 saturated heterocycles. The van der Waals surface area contributed by atoms with Crippen LogP contribution in [0.2, 0.25) is 0 Å². The van der Waals surface area contributed by atoms with Crippen LogP contribution in [0.5, 0.6) is 0 Å². The van der Waals surface area contributed by atoms with Crippen LogP contribution < -0.4 is 0 Å². The minimum Gasteiger partial charge on any atom is -0.488 e. The number of ether oxygens (including phenoxy) is 2. The van der Waals surface area contributed by atoms with E-state index in [0.29, 0.717) is 17.6 Å². The van der Waals surface area contributed by atoms with E-state index in [4.69, 9.17) is 9.47 Å². The lowest BCUT2D eigenvalue weighted by molar-refractivity contribution is -0.436. The van der Waals surface area contributed by atoms with Crippen molar-refractivity contribution in [1.29, 1.82) is 0 Å². The van der Waals surface area contributed by atoms with Gasteiger partial charge >= 0.3 is 5.97 Å². The molecule has 2 aliphatic rings. The van der Waals surface area contributed by atoms with Crippen LogP contribution in [0.3, 0.4) is 0 Å². The molecular formula is C21H25NO6. The maximum absolute atomic E-state index is 12.2. The van der Waals surface area contributed by atoms with Crippen molar-refractivity contribution in [3.63, 3.8) is 0 Å². The predicted molar refractivity (Wildman–Crippen MR) is 102 cm³/mol. The Labute approximate surface area is 163 Å². The van der Waals surface area contributed by atoms with Gasteiger partial charge in [-0.3, -0.25) is 10.1 Å². The molecule has 1 aliphatic carbocycles. The molecule has 1 heterocycles. The molecule has 1 fully saturated rings. The molecule has 1 aliphatic heterocycles. The van der Waals surface area contributed by atoms with Crippen molar-refractivity contribution in [3.8, 4) is 0 Å². The van der Waals surface area contributed by atoms with E-state index in [2.05, 4.69) is 0 Å². The van der Waals surface area contributed by atoms with Crippen molar-refractivity contribution >= 4 is 5.97 Å². The second-order valence-electron chi connectivity index (χ2n) is 7.83. The molecule has 0 aromatic heterocycles. The van der Waals surface area contributed by atoms with E-state index in [1.54, 1.807) is 37.3 Å². The van der Waals surface area contributed by atoms with E-state index in [-0.39, 0.29) is 29.1 Å². The fourth-order valence-electron chi connectivity index (χ4n) is 4.07. The first kappa shape index (κ1) is 20.1. The Balaban J connectivity index is 1.71. The fraction of sp³-hybridized carbons (Fsp3) is 0.476. The first-order valence-corrected chi connectivity index (χ1v) is 9.29. The summed E-state index contributed by atoms with van der Waals surface area (Å²) in [6.07, 6.45) is -0.862. The fourth-order valence-corrected chi connectivity index (χ4v) is 4.07. The normalized spacial score (nSPS) is 27.9. The SMILES string of the molecule is CC1=C2O[C@@](C)(COC(=O)[C@@H](O)c3ccccc3)CC2C(C)C([N+](=O)[O-])=C1C. The van der Waals surface area contributed by atoms with Crippen molar-refractivity contribution in [2.75, 3.05) is 6.61 Å². The number of aliphatic hydroxyl groups excluding tert-OH is 1. The van der Waals surface area contributed by atoms with Crippen LogP contribution in [0.25, 0.3) is 0 Å². The molecule has 4 atom stereocenters. The summed E-state index contributed by atoms with van der Waals surface area (Å²) in [4.78, 5) is 23.4. The van der Waals surface area contributed by atoms with Crippen molar-refractivity contribution in [1.82, 2.24) is 0 Å². The van der Waals surface area contributed by atoms with Gasteiger partial charge in [-0.2, -0.15) is 0 Å². The zero-order chi connectivity index (χ0) is 20.6. The maximum Gasteiger partial charge on any atom is 0.339 e. The molecule has 1 aromatic rings. The smallest absolute Gasteiger partial charge is 0.339 e. The standard InChI is InChI=1S/C21H25NO6/c1-12-13(2)19-16(14(3)17(12)22(25)26)10-21(4,28-19)11-27-20(24)18(23)15-8-6-5-7-9-15/h5-9,14,16,18,23H,10-11H2,1-4H3/t14?,16?,18-,21+/m0/s1. The Kier molecular flexibility index (Phi) is 5.30. The molecule has 1 aromatic carbocycles. The Morgan fingerprint density at radius 3 is 2.61 bits per heavy atom. The molecule has 0 amide bonds. The summed E-state index contributed by atoms with van der Waals surface area (Å²) in [7, 11) is 0. The first-order chi connectivity index (χ1) is 13.1. The van der Waals surface area contributed by atoms with Gasteiger partial charge < -0.3 is 14.6 Å². The molecule has 1 N–H and O–H groups in total. The number of rotatable bonds is 5. The highest BCUT2D eigenvalue weighted by molar-refractivity contribution is 5.76. The van der Waals surface area contributed by atoms with E-state index in [0.717, 1.165) is 11.3 Å². The number of allylic oxidation sites excluding steroid dienone is 4. The number of aliphatic hydroxyl groups is 1. The third-order valence-electron chi connectivity index (χ3n) is 5.75. The summed E-state index contributed by atoms with van der Waals surface area (Å²) in [5, 5.41) is 21.6. The number of carbonyl (C=O) groups excluding carboxylic acids is 1. The average molecular weight is 387 g/mol. The summed E-state index contributed by atoms with van der Waals surface area (Å²) in [6, 6.07) is 8.56. The van der Waals surface area contributed by atoms with E-state index < -0.39 is 17.7 Å². The van der Waals surface area contributed by atoms with Crippen LogP contribution >= 0.6 is 0 Å². The second-order valence-corrected chi connectivity index (χ2v) is 7.83. The van der Waals surface area contributed by atoms with E-state index >= 15 is 0 Å². The van der Waals surface area contributed by atoms with Gasteiger partial charge in [0, 0.05) is 17.9 Å². The highest BCUT2D eigenvalue weighted by Crippen LogP contribution is 2.49. The third-order valence-corrected chi connectivity index (χ3v) is 5.75. The molecule has 0 spiro atoms. The summed E-state index contributed by atoms with van der Waals surface area (Å²) < 4.78 is 11.5. The molecular weight excluding hydrogens is 362 g/mol. The summed E-state index contributed by atoms with van der Waals surface area (Å²) in [5.74, 6) is -0.435. The number of esters is 1. The molecule has 28 heavy (non-hydrogen) atoms. The van der Waals surface area contributed by atoms with Crippen molar-refractivity contribution in [2.45, 2.75) is 45.8 Å². The zero-order valence-electron chi connectivity index (χ0n) is 16.5. The van der Waals surface area contributed by atoms with Gasteiger partial charge in [0.25, 0.3) is 5.70 Å². The number of nitro groups is 1. The lowest BCUT2D eigenvalue weighted by atomic mass is 9.77. The van der Waals surface area contributed by atoms with Crippen LogP contribution in [-0.4, -0.2) is 28.2 Å². The summed E-state index contributed by atoms with van der Waals surface area (Å²) >= 11 is 0. The largest absolute Gasteiger partial charge is 0.488 e. The molecule has 3 rings (SSSR count). The maximum atomic E-state index is 12.2. The number of carbonyl (C=O) groups is 1. The predicted octanol–water partition coefficient (Wildman–Crippen LogP) is 3.53. The number of fused-ring (bicyclic) bond motifs is 1. The van der Waals surface area contributed by atoms with Crippen LogP contribution in [0.15, 0.2) is 52.9 Å². The monoisotopic (exact) mass is 387 g/mol. The zero-order valence-corrected chi connectivity index (χ0v) is 16.5. The summed E-state index contributed by atoms with van der Waals surface area (Å²) in [5.41, 5.74) is 1.28. The Bertz CT molecular complexity index is 859. The van der Waals surface area contributed by atoms with Gasteiger partial charge in [-0.1, -0.05) is 37.3 Å². The quantitative estimate of drug-likeness (QED) is 0.471. The van der Waals surface area contributed by atoms with Gasteiger partial charge in [-0.25, -0.2) is 4.79 Å². The van der Waals surface area contributed by atoms with Crippen LogP contribution in [0, 0.1) is 22.0 Å². The van der Waals surface area contributed by atoms with E-state index in [9.17, 15) is 20.0 Å². The minimum absolute atomic E-state index is 0.0391. The third kappa shape index (κ3) is 3.54. The first-order valence-electron chi connectivity index (χ1n) is 9.29. The highest BCUT2D eigenvalue weighted by atomic mass is 16.6. The van der Waals surface area contributed by atoms with Gasteiger partial charge in [0.05, 0.1) is 10.8 Å². The van der Waals surface area contributed by atoms with Crippen molar-refractivity contribution < 1.29 is 24.3 Å². The topological polar surface area (TPSA) is 98.9 Å². The Morgan fingerprint density at radius 2 is 2.00 bits per heavy atom. The number of hydrogen-bond acceptors (Lipinski definition) is 6. The van der Waals surface area contributed by atoms with Crippen LogP contribution in [0.1, 0.15) is 45.8 Å². The second kappa shape index (κ2) is 7.39. The molecule has 7 nitrogen and oxygen atoms in total. The molecule has 0 saturated carbocycles. The van der Waals surface area contributed by atoms with Gasteiger partial charge in [0.1, 0.15) is 18.0 Å². The number of nitrogens with zero attached hydrogens (tertiary/aromatic N) is 1. The van der Waals surface area contributed by atoms with Crippen molar-refractivity contribution in [3.05, 3.63) is 68.6 Å². The van der Waals surface area contributed by atoms with E-state index in [1.165, 1.54) is 0 Å². The van der Waals surface area contributed by atoms with Crippen LogP contribution in [0.4, 0.5) is 0 Å². The summed E-state index contributed by atoms with van der Waals surface area (Å²) in [6.45, 7) is 7.18. The minimum atomic E-state index is -1.36. The number of benzene rings is 1. The highest BCUT2D eigenvalue weighted by Gasteiger charge is 2.50. The van der Waals surface area contributed by atoms with Gasteiger partial charge in [0.2, 0.25) is 0 Å².